The second-order valence-electron chi connectivity index (χ2n) is 7.27. The summed E-state index contributed by atoms with van der Waals surface area (Å²) in [5.41, 5.74) is 3.63. The normalized spacial score (nSPS) is 16.2. The van der Waals surface area contributed by atoms with E-state index < -0.39 is 0 Å². The van der Waals surface area contributed by atoms with Crippen molar-refractivity contribution in [1.29, 1.82) is 0 Å². The summed E-state index contributed by atoms with van der Waals surface area (Å²) in [6.07, 6.45) is 1.10. The van der Waals surface area contributed by atoms with Crippen LogP contribution < -0.4 is 20.3 Å². The number of nitrogens with one attached hydrogen (secondary N) is 2. The topological polar surface area (TPSA) is 58.1 Å². The fourth-order valence-corrected chi connectivity index (χ4v) is 3.50. The molecule has 1 atom stereocenters. The number of aliphatic imine (C=N–C) groups is 1. The molecule has 30 heavy (non-hydrogen) atoms. The van der Waals surface area contributed by atoms with Gasteiger partial charge in [-0.05, 0) is 31.5 Å². The van der Waals surface area contributed by atoms with Crippen molar-refractivity contribution in [1.82, 2.24) is 10.6 Å². The molecule has 1 saturated heterocycles. The maximum Gasteiger partial charge on any atom is 0.191 e. The van der Waals surface area contributed by atoms with E-state index in [-0.39, 0.29) is 24.0 Å². The fraction of sp³-hybridized carbons (Fsp3) is 0.435. The average Bonchev–Trinajstić information content (AvgIpc) is 3.22. The van der Waals surface area contributed by atoms with Crippen LogP contribution in [0.1, 0.15) is 17.5 Å². The minimum atomic E-state index is 0. The van der Waals surface area contributed by atoms with Gasteiger partial charge in [0, 0.05) is 44.0 Å². The number of halogens is 1. The molecular weight excluding hydrogens is 491 g/mol. The highest BCUT2D eigenvalue weighted by Crippen LogP contribution is 2.21. The van der Waals surface area contributed by atoms with Crippen LogP contribution in [-0.4, -0.2) is 52.4 Å². The van der Waals surface area contributed by atoms with Crippen LogP contribution in [0.5, 0.6) is 5.75 Å². The van der Waals surface area contributed by atoms with Gasteiger partial charge in [-0.3, -0.25) is 4.99 Å². The number of hydrogen-bond donors (Lipinski definition) is 2. The summed E-state index contributed by atoms with van der Waals surface area (Å²) in [7, 11) is 3.48. The first kappa shape index (κ1) is 24.3. The van der Waals surface area contributed by atoms with Gasteiger partial charge < -0.3 is 25.0 Å². The summed E-state index contributed by atoms with van der Waals surface area (Å²) in [6.45, 7) is 5.98. The molecule has 164 valence electrons. The van der Waals surface area contributed by atoms with E-state index in [9.17, 15) is 0 Å². The van der Waals surface area contributed by atoms with E-state index in [4.69, 9.17) is 9.47 Å². The molecule has 0 bridgehead atoms. The Balaban J connectivity index is 0.00000320. The van der Waals surface area contributed by atoms with E-state index in [1.807, 2.05) is 24.3 Å². The third-order valence-corrected chi connectivity index (χ3v) is 5.14. The van der Waals surface area contributed by atoms with Crippen molar-refractivity contribution in [3.63, 3.8) is 0 Å². The number of ether oxygens (including phenoxy) is 2. The van der Waals surface area contributed by atoms with Gasteiger partial charge in [0.1, 0.15) is 5.75 Å². The maximum atomic E-state index is 5.78. The zero-order valence-corrected chi connectivity index (χ0v) is 20.4. The van der Waals surface area contributed by atoms with Crippen LogP contribution in [0.4, 0.5) is 5.69 Å². The molecule has 2 aromatic rings. The first-order valence-corrected chi connectivity index (χ1v) is 10.2. The predicted octanol–water partition coefficient (Wildman–Crippen LogP) is 3.58. The van der Waals surface area contributed by atoms with Crippen LogP contribution in [0.15, 0.2) is 53.5 Å². The van der Waals surface area contributed by atoms with E-state index in [0.29, 0.717) is 25.8 Å². The SMILES string of the molecule is CN=C(NCCOCc1ccccc1OC)NC1CCN(c2ccc(C)cc2)C1.I. The fourth-order valence-electron chi connectivity index (χ4n) is 3.50. The third-order valence-electron chi connectivity index (χ3n) is 5.14. The summed E-state index contributed by atoms with van der Waals surface area (Å²) in [6, 6.07) is 17.0. The minimum Gasteiger partial charge on any atom is -0.496 e. The molecule has 3 rings (SSSR count). The van der Waals surface area contributed by atoms with Gasteiger partial charge in [-0.15, -0.1) is 24.0 Å². The molecule has 6 nitrogen and oxygen atoms in total. The Morgan fingerprint density at radius 1 is 1.17 bits per heavy atom. The molecule has 2 N–H and O–H groups in total. The lowest BCUT2D eigenvalue weighted by atomic mass is 10.2. The first-order chi connectivity index (χ1) is 14.2. The smallest absolute Gasteiger partial charge is 0.191 e. The lowest BCUT2D eigenvalue weighted by Gasteiger charge is -2.20. The number of anilines is 1. The molecule has 1 heterocycles. The molecule has 1 aliphatic heterocycles. The van der Waals surface area contributed by atoms with Crippen molar-refractivity contribution in [2.24, 2.45) is 4.99 Å². The second-order valence-corrected chi connectivity index (χ2v) is 7.27. The van der Waals surface area contributed by atoms with E-state index in [1.165, 1.54) is 11.3 Å². The summed E-state index contributed by atoms with van der Waals surface area (Å²) >= 11 is 0. The second kappa shape index (κ2) is 12.6. The van der Waals surface area contributed by atoms with Gasteiger partial charge in [0.05, 0.1) is 20.3 Å². The molecule has 1 fully saturated rings. The van der Waals surface area contributed by atoms with E-state index in [1.54, 1.807) is 14.2 Å². The molecule has 7 heteroatoms. The number of nitrogens with zero attached hydrogens (tertiary/aromatic N) is 2. The highest BCUT2D eigenvalue weighted by atomic mass is 127. The van der Waals surface area contributed by atoms with Crippen LogP contribution in [0.2, 0.25) is 0 Å². The predicted molar refractivity (Wildman–Crippen MR) is 134 cm³/mol. The van der Waals surface area contributed by atoms with Crippen molar-refractivity contribution in [2.75, 3.05) is 45.3 Å². The van der Waals surface area contributed by atoms with Gasteiger partial charge in [0.2, 0.25) is 0 Å². The number of aryl methyl sites for hydroxylation is 1. The number of methoxy groups -OCH3 is 1. The van der Waals surface area contributed by atoms with E-state index >= 15 is 0 Å². The molecule has 0 spiro atoms. The molecule has 0 aromatic heterocycles. The maximum absolute atomic E-state index is 5.78. The number of guanidine groups is 1. The monoisotopic (exact) mass is 524 g/mol. The van der Waals surface area contributed by atoms with Crippen LogP contribution in [0.25, 0.3) is 0 Å². The molecule has 0 saturated carbocycles. The van der Waals surface area contributed by atoms with Gasteiger partial charge in [0.25, 0.3) is 0 Å². The molecule has 1 aliphatic rings. The number of benzene rings is 2. The standard InChI is InChI=1S/C23H32N4O2.HI/c1-18-8-10-21(11-9-18)27-14-12-20(16-27)26-23(24-2)25-13-15-29-17-19-6-4-5-7-22(19)28-3;/h4-11,20H,12-17H2,1-3H3,(H2,24,25,26);1H. The molecule has 1 unspecified atom stereocenters. The minimum absolute atomic E-state index is 0. The highest BCUT2D eigenvalue weighted by Gasteiger charge is 2.23. The van der Waals surface area contributed by atoms with Crippen molar-refractivity contribution in [3.05, 3.63) is 59.7 Å². The molecule has 0 amide bonds. The van der Waals surface area contributed by atoms with E-state index in [0.717, 1.165) is 36.8 Å². The van der Waals surface area contributed by atoms with Crippen molar-refractivity contribution in [2.45, 2.75) is 26.0 Å². The largest absolute Gasteiger partial charge is 0.496 e. The van der Waals surface area contributed by atoms with Crippen molar-refractivity contribution >= 4 is 35.6 Å². The Hall–Kier alpha value is -2.00. The zero-order valence-electron chi connectivity index (χ0n) is 18.1. The zero-order chi connectivity index (χ0) is 20.5. The van der Waals surface area contributed by atoms with Gasteiger partial charge in [-0.2, -0.15) is 0 Å². The Morgan fingerprint density at radius 3 is 2.67 bits per heavy atom. The van der Waals surface area contributed by atoms with Crippen LogP contribution in [-0.2, 0) is 11.3 Å². The van der Waals surface area contributed by atoms with Gasteiger partial charge in [-0.1, -0.05) is 35.9 Å². The summed E-state index contributed by atoms with van der Waals surface area (Å²) < 4.78 is 11.1. The molecular formula is C23H33IN4O2. The Bertz CT molecular complexity index is 798. The number of hydrogen-bond acceptors (Lipinski definition) is 4. The number of rotatable bonds is 8. The van der Waals surface area contributed by atoms with Crippen LogP contribution >= 0.6 is 24.0 Å². The summed E-state index contributed by atoms with van der Waals surface area (Å²) in [5.74, 6) is 1.68. The van der Waals surface area contributed by atoms with Crippen LogP contribution in [0, 0.1) is 6.92 Å². The van der Waals surface area contributed by atoms with Gasteiger partial charge >= 0.3 is 0 Å². The summed E-state index contributed by atoms with van der Waals surface area (Å²) in [5, 5.41) is 6.86. The Labute approximate surface area is 197 Å². The van der Waals surface area contributed by atoms with Gasteiger partial charge in [0.15, 0.2) is 5.96 Å². The van der Waals surface area contributed by atoms with Crippen molar-refractivity contribution in [3.8, 4) is 5.75 Å². The van der Waals surface area contributed by atoms with Crippen LogP contribution in [0.3, 0.4) is 0 Å². The first-order valence-electron chi connectivity index (χ1n) is 10.2. The average molecular weight is 524 g/mol. The van der Waals surface area contributed by atoms with Crippen molar-refractivity contribution < 1.29 is 9.47 Å². The Morgan fingerprint density at radius 2 is 1.93 bits per heavy atom. The molecule has 2 aromatic carbocycles. The lowest BCUT2D eigenvalue weighted by Crippen LogP contribution is -2.45. The third kappa shape index (κ3) is 7.05. The van der Waals surface area contributed by atoms with E-state index in [2.05, 4.69) is 51.7 Å². The highest BCUT2D eigenvalue weighted by molar-refractivity contribution is 14.0. The molecule has 0 aliphatic carbocycles. The quantitative estimate of drug-likeness (QED) is 0.239. The summed E-state index contributed by atoms with van der Waals surface area (Å²) in [4.78, 5) is 6.76. The van der Waals surface area contributed by atoms with Gasteiger partial charge in [-0.25, -0.2) is 0 Å². The Kier molecular flexibility index (Phi) is 10.2. The lowest BCUT2D eigenvalue weighted by molar-refractivity contribution is 0.123. The number of para-hydroxylation sites is 1. The molecule has 0 radical (unpaired) electrons.